The second-order valence-electron chi connectivity index (χ2n) is 7.87. The quantitative estimate of drug-likeness (QED) is 0.490. The molecule has 0 bridgehead atoms. The molecule has 11 heteroatoms. The van der Waals surface area contributed by atoms with E-state index in [0.29, 0.717) is 37.1 Å². The Morgan fingerprint density at radius 1 is 1.30 bits per heavy atom. The Morgan fingerprint density at radius 3 is 2.55 bits per heavy atom. The number of carbonyl (C=O) groups excluding carboxylic acids is 1. The van der Waals surface area contributed by atoms with Crippen molar-refractivity contribution in [2.24, 2.45) is 5.73 Å². The van der Waals surface area contributed by atoms with Gasteiger partial charge in [-0.3, -0.25) is 4.79 Å². The number of aromatic nitrogens is 3. The first kappa shape index (κ1) is 23.5. The van der Waals surface area contributed by atoms with E-state index in [4.69, 9.17) is 10.5 Å². The van der Waals surface area contributed by atoms with Gasteiger partial charge in [0.05, 0.1) is 22.3 Å². The Hall–Kier alpha value is -2.66. The molecule has 0 spiro atoms. The number of rotatable bonds is 6. The molecular formula is C22H23BrF3N5O2. The highest BCUT2D eigenvalue weighted by molar-refractivity contribution is 9.10. The number of nitrogens with one attached hydrogen (secondary N) is 1. The molecule has 1 aromatic carbocycles. The lowest BCUT2D eigenvalue weighted by Crippen LogP contribution is -2.29. The van der Waals surface area contributed by atoms with Crippen LogP contribution in [-0.2, 0) is 11.3 Å². The molecule has 33 heavy (non-hydrogen) atoms. The van der Waals surface area contributed by atoms with Gasteiger partial charge in [-0.05, 0) is 37.5 Å². The van der Waals surface area contributed by atoms with Gasteiger partial charge in [-0.15, -0.1) is 0 Å². The van der Waals surface area contributed by atoms with Crippen LogP contribution < -0.4 is 11.1 Å². The van der Waals surface area contributed by atoms with Gasteiger partial charge in [-0.25, -0.2) is 9.67 Å². The van der Waals surface area contributed by atoms with E-state index in [2.05, 4.69) is 31.3 Å². The van der Waals surface area contributed by atoms with Crippen LogP contribution in [0.15, 0.2) is 34.9 Å². The standard InChI is InChI=1S/C22H23BrF3N5O2/c1-2-31-21-16(18(15(11-28-21)20(27)32)29-14-7-9-33-10-8-14)19(30-31)17(22(24,25)26)12-3-5-13(23)6-4-12/h3-6,11,14,17H,2,7-10H2,1H3,(H2,27,32)(H,28,29). The third-order valence-electron chi connectivity index (χ3n) is 5.73. The highest BCUT2D eigenvalue weighted by atomic mass is 79.9. The third kappa shape index (κ3) is 4.70. The number of primary amides is 1. The number of halogens is 4. The summed E-state index contributed by atoms with van der Waals surface area (Å²) in [6, 6.07) is 5.85. The van der Waals surface area contributed by atoms with Crippen molar-refractivity contribution in [3.8, 4) is 0 Å². The minimum atomic E-state index is -4.63. The van der Waals surface area contributed by atoms with Crippen molar-refractivity contribution in [1.82, 2.24) is 14.8 Å². The lowest BCUT2D eigenvalue weighted by molar-refractivity contribution is -0.141. The molecule has 3 heterocycles. The van der Waals surface area contributed by atoms with Gasteiger partial charge in [0.2, 0.25) is 0 Å². The average Bonchev–Trinajstić information content (AvgIpc) is 3.14. The normalized spacial score (nSPS) is 16.2. The zero-order valence-corrected chi connectivity index (χ0v) is 19.4. The maximum atomic E-state index is 14.5. The monoisotopic (exact) mass is 525 g/mol. The Morgan fingerprint density at radius 2 is 1.97 bits per heavy atom. The molecule has 1 aliphatic heterocycles. The van der Waals surface area contributed by atoms with E-state index in [1.54, 1.807) is 19.1 Å². The van der Waals surface area contributed by atoms with Gasteiger partial charge in [0.15, 0.2) is 5.65 Å². The SMILES string of the molecule is CCn1nc(C(c2ccc(Br)cc2)C(F)(F)F)c2c(NC3CCOCC3)c(C(N)=O)cnc21. The number of hydrogen-bond donors (Lipinski definition) is 2. The smallest absolute Gasteiger partial charge is 0.381 e. The molecular weight excluding hydrogens is 503 g/mol. The summed E-state index contributed by atoms with van der Waals surface area (Å²) >= 11 is 3.27. The molecule has 1 aliphatic rings. The number of alkyl halides is 3. The maximum Gasteiger partial charge on any atom is 0.401 e. The molecule has 3 N–H and O–H groups in total. The summed E-state index contributed by atoms with van der Waals surface area (Å²) < 4.78 is 50.9. The number of ether oxygens (including phenoxy) is 1. The zero-order valence-electron chi connectivity index (χ0n) is 17.8. The summed E-state index contributed by atoms with van der Waals surface area (Å²) in [4.78, 5) is 16.5. The number of benzene rings is 1. The van der Waals surface area contributed by atoms with Gasteiger partial charge in [-0.1, -0.05) is 28.1 Å². The highest BCUT2D eigenvalue weighted by Crippen LogP contribution is 2.44. The van der Waals surface area contributed by atoms with E-state index >= 15 is 0 Å². The van der Waals surface area contributed by atoms with Crippen LogP contribution in [0.2, 0.25) is 0 Å². The molecule has 1 saturated heterocycles. The number of aryl methyl sites for hydroxylation is 1. The van der Waals surface area contributed by atoms with E-state index in [9.17, 15) is 18.0 Å². The molecule has 1 atom stereocenters. The summed E-state index contributed by atoms with van der Waals surface area (Å²) in [7, 11) is 0. The average molecular weight is 526 g/mol. The van der Waals surface area contributed by atoms with Crippen molar-refractivity contribution in [3.05, 3.63) is 51.8 Å². The number of hydrogen-bond acceptors (Lipinski definition) is 5. The Kier molecular flexibility index (Phi) is 6.62. The van der Waals surface area contributed by atoms with Crippen molar-refractivity contribution < 1.29 is 22.7 Å². The summed E-state index contributed by atoms with van der Waals surface area (Å²) in [6.45, 7) is 3.11. The maximum absolute atomic E-state index is 14.5. The summed E-state index contributed by atoms with van der Waals surface area (Å²) in [6.07, 6.45) is -2.04. The molecule has 1 unspecified atom stereocenters. The fourth-order valence-electron chi connectivity index (χ4n) is 4.13. The number of nitrogens with zero attached hydrogens (tertiary/aromatic N) is 3. The number of anilines is 1. The minimum Gasteiger partial charge on any atom is -0.381 e. The Balaban J connectivity index is 1.99. The van der Waals surface area contributed by atoms with Crippen LogP contribution in [0.5, 0.6) is 0 Å². The first-order valence-corrected chi connectivity index (χ1v) is 11.4. The molecule has 7 nitrogen and oxygen atoms in total. The topological polar surface area (TPSA) is 95.1 Å². The zero-order chi connectivity index (χ0) is 23.8. The van der Waals surface area contributed by atoms with Gasteiger partial charge < -0.3 is 15.8 Å². The molecule has 0 saturated carbocycles. The Bertz CT molecular complexity index is 1160. The van der Waals surface area contributed by atoms with Crippen LogP contribution in [-0.4, -0.2) is 46.1 Å². The van der Waals surface area contributed by atoms with Crippen LogP contribution in [0.1, 0.15) is 47.3 Å². The largest absolute Gasteiger partial charge is 0.401 e. The van der Waals surface area contributed by atoms with Crippen molar-refractivity contribution in [1.29, 1.82) is 0 Å². The summed E-state index contributed by atoms with van der Waals surface area (Å²) in [5.41, 5.74) is 5.94. The highest BCUT2D eigenvalue weighted by Gasteiger charge is 2.45. The summed E-state index contributed by atoms with van der Waals surface area (Å²) in [5.74, 6) is -2.79. The van der Waals surface area contributed by atoms with E-state index in [1.165, 1.54) is 23.0 Å². The van der Waals surface area contributed by atoms with E-state index in [-0.39, 0.29) is 39.6 Å². The molecule has 176 valence electrons. The van der Waals surface area contributed by atoms with Crippen LogP contribution >= 0.6 is 15.9 Å². The van der Waals surface area contributed by atoms with E-state index < -0.39 is 18.0 Å². The predicted molar refractivity (Wildman–Crippen MR) is 121 cm³/mol. The number of amides is 1. The number of pyridine rings is 1. The van der Waals surface area contributed by atoms with E-state index in [0.717, 1.165) is 0 Å². The minimum absolute atomic E-state index is 0.0302. The predicted octanol–water partition coefficient (Wildman–Crippen LogP) is 4.60. The van der Waals surface area contributed by atoms with Crippen molar-refractivity contribution in [2.45, 2.75) is 44.4 Å². The van der Waals surface area contributed by atoms with Crippen LogP contribution in [0.4, 0.5) is 18.9 Å². The second kappa shape index (κ2) is 9.30. The van der Waals surface area contributed by atoms with Crippen LogP contribution in [0.3, 0.4) is 0 Å². The third-order valence-corrected chi connectivity index (χ3v) is 6.26. The van der Waals surface area contributed by atoms with Gasteiger partial charge in [0.1, 0.15) is 5.92 Å². The molecule has 0 aliphatic carbocycles. The fraction of sp³-hybridized carbons (Fsp3) is 0.409. The Labute approximate surface area is 196 Å². The van der Waals surface area contributed by atoms with Gasteiger partial charge in [-0.2, -0.15) is 18.3 Å². The van der Waals surface area contributed by atoms with E-state index in [1.807, 2.05) is 0 Å². The lowest BCUT2D eigenvalue weighted by Gasteiger charge is -2.26. The van der Waals surface area contributed by atoms with Gasteiger partial charge >= 0.3 is 6.18 Å². The first-order valence-electron chi connectivity index (χ1n) is 10.6. The van der Waals surface area contributed by atoms with Crippen LogP contribution in [0, 0.1) is 0 Å². The van der Waals surface area contributed by atoms with Gasteiger partial charge in [0, 0.05) is 36.5 Å². The first-order chi connectivity index (χ1) is 15.7. The van der Waals surface area contributed by atoms with Gasteiger partial charge in [0.25, 0.3) is 5.91 Å². The molecule has 1 fully saturated rings. The van der Waals surface area contributed by atoms with Crippen LogP contribution in [0.25, 0.3) is 11.0 Å². The fourth-order valence-corrected chi connectivity index (χ4v) is 4.39. The number of fused-ring (bicyclic) bond motifs is 1. The number of nitrogens with two attached hydrogens (primary N) is 1. The number of carbonyl (C=O) groups is 1. The van der Waals surface area contributed by atoms with Crippen molar-refractivity contribution >= 4 is 38.6 Å². The van der Waals surface area contributed by atoms with Crippen molar-refractivity contribution in [2.75, 3.05) is 18.5 Å². The second-order valence-corrected chi connectivity index (χ2v) is 8.78. The molecule has 0 radical (unpaired) electrons. The molecule has 1 amide bonds. The lowest BCUT2D eigenvalue weighted by atomic mass is 9.92. The molecule has 2 aromatic heterocycles. The molecule has 4 rings (SSSR count). The summed E-state index contributed by atoms with van der Waals surface area (Å²) in [5, 5.41) is 7.76. The van der Waals surface area contributed by atoms with Crippen molar-refractivity contribution in [3.63, 3.8) is 0 Å². The molecule has 3 aromatic rings.